The molecule has 3 atom stereocenters. The van der Waals surface area contributed by atoms with Crippen molar-refractivity contribution in [2.24, 2.45) is 0 Å². The van der Waals surface area contributed by atoms with Crippen molar-refractivity contribution < 1.29 is 35.1 Å². The summed E-state index contributed by atoms with van der Waals surface area (Å²) in [6.07, 6.45) is 4.35. The highest BCUT2D eigenvalue weighted by molar-refractivity contribution is 5.91. The lowest BCUT2D eigenvalue weighted by atomic mass is 10.1. The summed E-state index contributed by atoms with van der Waals surface area (Å²) in [5.74, 6) is -2.15. The van der Waals surface area contributed by atoms with Gasteiger partial charge in [-0.3, -0.25) is 9.59 Å². The third kappa shape index (κ3) is 7.25. The first kappa shape index (κ1) is 19.4. The van der Waals surface area contributed by atoms with Gasteiger partial charge in [-0.1, -0.05) is 0 Å². The van der Waals surface area contributed by atoms with Crippen molar-refractivity contribution in [3.05, 3.63) is 0 Å². The molecule has 0 aliphatic rings. The first-order chi connectivity index (χ1) is 10.2. The van der Waals surface area contributed by atoms with Gasteiger partial charge in [-0.15, -0.1) is 12.3 Å². The van der Waals surface area contributed by atoms with Crippen LogP contribution < -0.4 is 26.6 Å². The minimum absolute atomic E-state index is 0.0404. The molecule has 22 heavy (non-hydrogen) atoms. The SMILES string of the molecule is C#CC[C@H](NC(=O)[C@H](C)NC(=O)[C@@H]([NH3+])CCC(=O)[O-])C(=O)[O-]. The number of rotatable bonds is 9. The largest absolute Gasteiger partial charge is 0.550 e. The van der Waals surface area contributed by atoms with Crippen molar-refractivity contribution in [1.29, 1.82) is 0 Å². The fraction of sp³-hybridized carbons (Fsp3) is 0.538. The molecule has 0 aliphatic heterocycles. The lowest BCUT2D eigenvalue weighted by Crippen LogP contribution is -2.69. The monoisotopic (exact) mass is 312 g/mol. The molecule has 0 rings (SSSR count). The first-order valence-electron chi connectivity index (χ1n) is 6.47. The maximum Gasteiger partial charge on any atom is 0.278 e. The molecule has 0 fully saturated rings. The Labute approximate surface area is 127 Å². The third-order valence-corrected chi connectivity index (χ3v) is 2.74. The van der Waals surface area contributed by atoms with Crippen LogP contribution in [-0.2, 0) is 19.2 Å². The quantitative estimate of drug-likeness (QED) is 0.360. The second-order valence-electron chi connectivity index (χ2n) is 4.63. The number of aliphatic carboxylic acids is 2. The number of hydrogen-bond donors (Lipinski definition) is 3. The normalized spacial score (nSPS) is 14.0. The van der Waals surface area contributed by atoms with Gasteiger partial charge in [0.05, 0.1) is 12.0 Å². The Balaban J connectivity index is 4.45. The lowest BCUT2D eigenvalue weighted by molar-refractivity contribution is -0.406. The van der Waals surface area contributed by atoms with Gasteiger partial charge in [0.2, 0.25) is 5.91 Å². The molecule has 0 bridgehead atoms. The standard InChI is InChI=1S/C13H19N3O6/c1-3-4-9(13(21)22)16-11(19)7(2)15-12(20)8(14)5-6-10(17)18/h1,7-9H,4-6,14H2,2H3,(H,15,20)(H,16,19)(H,17,18)(H,21,22)/p-1/t7-,8-,9-/m0/s1. The Morgan fingerprint density at radius 3 is 2.23 bits per heavy atom. The summed E-state index contributed by atoms with van der Waals surface area (Å²) in [7, 11) is 0. The van der Waals surface area contributed by atoms with E-state index in [0.717, 1.165) is 0 Å². The van der Waals surface area contributed by atoms with E-state index in [2.05, 4.69) is 22.3 Å². The van der Waals surface area contributed by atoms with Crippen LogP contribution in [0.3, 0.4) is 0 Å². The van der Waals surface area contributed by atoms with Crippen molar-refractivity contribution in [2.45, 2.75) is 44.3 Å². The van der Waals surface area contributed by atoms with Gasteiger partial charge in [-0.05, 0) is 13.3 Å². The Bertz CT molecular complexity index is 485. The molecule has 9 heteroatoms. The number of quaternary nitrogens is 1. The molecule has 0 unspecified atom stereocenters. The van der Waals surface area contributed by atoms with Gasteiger partial charge in [0.15, 0.2) is 6.04 Å². The molecular formula is C13H18N3O6-. The van der Waals surface area contributed by atoms with Gasteiger partial charge in [-0.2, -0.15) is 0 Å². The fourth-order valence-corrected chi connectivity index (χ4v) is 1.43. The van der Waals surface area contributed by atoms with Gasteiger partial charge in [0, 0.05) is 18.8 Å². The summed E-state index contributed by atoms with van der Waals surface area (Å²) in [5, 5.41) is 25.5. The average molecular weight is 312 g/mol. The van der Waals surface area contributed by atoms with Gasteiger partial charge in [0.25, 0.3) is 5.91 Å². The highest BCUT2D eigenvalue weighted by atomic mass is 16.4. The molecule has 0 spiro atoms. The molecule has 0 heterocycles. The Morgan fingerprint density at radius 1 is 1.18 bits per heavy atom. The zero-order chi connectivity index (χ0) is 17.3. The summed E-state index contributed by atoms with van der Waals surface area (Å²) in [6, 6.07) is -3.28. The molecule has 0 radical (unpaired) electrons. The molecule has 0 aromatic heterocycles. The predicted molar refractivity (Wildman–Crippen MR) is 68.9 cm³/mol. The molecule has 0 saturated heterocycles. The van der Waals surface area contributed by atoms with E-state index in [1.165, 1.54) is 6.92 Å². The molecule has 0 aromatic carbocycles. The van der Waals surface area contributed by atoms with E-state index in [4.69, 9.17) is 6.42 Å². The number of carboxylic acid groups (broad SMARTS) is 2. The van der Waals surface area contributed by atoms with Crippen LogP contribution in [-0.4, -0.2) is 41.9 Å². The van der Waals surface area contributed by atoms with E-state index in [1.54, 1.807) is 0 Å². The number of carbonyl (C=O) groups excluding carboxylic acids is 4. The second kappa shape index (κ2) is 9.36. The zero-order valence-electron chi connectivity index (χ0n) is 12.1. The van der Waals surface area contributed by atoms with Crippen LogP contribution >= 0.6 is 0 Å². The molecule has 0 aromatic rings. The smallest absolute Gasteiger partial charge is 0.278 e. The Morgan fingerprint density at radius 2 is 1.77 bits per heavy atom. The second-order valence-corrected chi connectivity index (χ2v) is 4.63. The minimum Gasteiger partial charge on any atom is -0.550 e. The third-order valence-electron chi connectivity index (χ3n) is 2.74. The summed E-state index contributed by atoms with van der Waals surface area (Å²) < 4.78 is 0. The van der Waals surface area contributed by atoms with Gasteiger partial charge in [-0.25, -0.2) is 0 Å². The highest BCUT2D eigenvalue weighted by Gasteiger charge is 2.23. The number of carboxylic acids is 2. The van der Waals surface area contributed by atoms with Crippen molar-refractivity contribution >= 4 is 23.8 Å². The topological polar surface area (TPSA) is 166 Å². The Hall–Kier alpha value is -2.60. The van der Waals surface area contributed by atoms with Crippen LogP contribution in [0.2, 0.25) is 0 Å². The maximum atomic E-state index is 11.7. The van der Waals surface area contributed by atoms with E-state index < -0.39 is 41.9 Å². The van der Waals surface area contributed by atoms with Crippen molar-refractivity contribution in [1.82, 2.24) is 10.6 Å². The number of carbonyl (C=O) groups is 4. The minimum atomic E-state index is -1.53. The van der Waals surface area contributed by atoms with Crippen molar-refractivity contribution in [2.75, 3.05) is 0 Å². The number of amides is 2. The molecule has 122 valence electrons. The van der Waals surface area contributed by atoms with Crippen LogP contribution in [0.5, 0.6) is 0 Å². The predicted octanol–water partition coefficient (Wildman–Crippen LogP) is -5.11. The molecule has 0 saturated carbocycles. The molecule has 5 N–H and O–H groups in total. The van der Waals surface area contributed by atoms with Gasteiger partial charge in [0.1, 0.15) is 6.04 Å². The molecular weight excluding hydrogens is 294 g/mol. The maximum absolute atomic E-state index is 11.7. The van der Waals surface area contributed by atoms with Crippen LogP contribution in [0.25, 0.3) is 0 Å². The van der Waals surface area contributed by atoms with Crippen LogP contribution in [0.15, 0.2) is 0 Å². The van der Waals surface area contributed by atoms with E-state index in [1.807, 2.05) is 0 Å². The van der Waals surface area contributed by atoms with Crippen LogP contribution in [0.1, 0.15) is 26.2 Å². The average Bonchev–Trinajstić information content (AvgIpc) is 2.43. The van der Waals surface area contributed by atoms with E-state index >= 15 is 0 Å². The molecule has 9 nitrogen and oxygen atoms in total. The number of nitrogens with one attached hydrogen (secondary N) is 2. The van der Waals surface area contributed by atoms with Gasteiger partial charge >= 0.3 is 0 Å². The highest BCUT2D eigenvalue weighted by Crippen LogP contribution is 1.95. The van der Waals surface area contributed by atoms with Crippen molar-refractivity contribution in [3.8, 4) is 12.3 Å². The lowest BCUT2D eigenvalue weighted by Gasteiger charge is -2.21. The summed E-state index contributed by atoms with van der Waals surface area (Å²) in [6.45, 7) is 1.33. The van der Waals surface area contributed by atoms with Gasteiger partial charge < -0.3 is 36.2 Å². The first-order valence-corrected chi connectivity index (χ1v) is 6.47. The van der Waals surface area contributed by atoms with E-state index in [-0.39, 0.29) is 19.3 Å². The summed E-state index contributed by atoms with van der Waals surface area (Å²) >= 11 is 0. The fourth-order valence-electron chi connectivity index (χ4n) is 1.43. The number of terminal acetylenes is 1. The van der Waals surface area contributed by atoms with Crippen molar-refractivity contribution in [3.63, 3.8) is 0 Å². The van der Waals surface area contributed by atoms with Crippen LogP contribution in [0.4, 0.5) is 0 Å². The van der Waals surface area contributed by atoms with Crippen LogP contribution in [0, 0.1) is 12.3 Å². The van der Waals surface area contributed by atoms with E-state index in [0.29, 0.717) is 0 Å². The zero-order valence-corrected chi connectivity index (χ0v) is 12.1. The summed E-state index contributed by atoms with van der Waals surface area (Å²) in [5.41, 5.74) is 3.48. The van der Waals surface area contributed by atoms with E-state index in [9.17, 15) is 29.4 Å². The number of hydrogen-bond acceptors (Lipinski definition) is 6. The Kier molecular flexibility index (Phi) is 8.25. The summed E-state index contributed by atoms with van der Waals surface area (Å²) in [4.78, 5) is 44.5. The molecule has 0 aliphatic carbocycles. The molecule has 2 amide bonds.